The van der Waals surface area contributed by atoms with Crippen LogP contribution in [0.3, 0.4) is 0 Å². The Morgan fingerprint density at radius 2 is 0.577 bits per heavy atom. The zero-order valence-electron chi connectivity index (χ0n) is 38.8. The summed E-state index contributed by atoms with van der Waals surface area (Å²) in [6, 6.07) is 90.7. The fraction of sp³-hybridized carbons (Fsp3) is 0.0152. The first-order valence-corrected chi connectivity index (χ1v) is 23.5. The SMILES string of the molecule is Cc1ccc(N(c2ccc(C#N)cc2)c2ccc3c(-c4ccccc4-c4ccccc4)c4cc(N(c5ccc(C#N)cc5)c5ccc(C#N)cc5)ccc4c(-c4ccccc4-c4ccccc4)c3c2)cc1. The Morgan fingerprint density at radius 1 is 0.282 bits per heavy atom. The van der Waals surface area contributed by atoms with Crippen LogP contribution in [0.2, 0.25) is 0 Å². The first-order valence-electron chi connectivity index (χ1n) is 23.5. The van der Waals surface area contributed by atoms with Crippen molar-refractivity contribution in [1.29, 1.82) is 15.8 Å². The summed E-state index contributed by atoms with van der Waals surface area (Å²) in [6.45, 7) is 2.10. The minimum Gasteiger partial charge on any atom is -0.310 e. The minimum absolute atomic E-state index is 0.569. The van der Waals surface area contributed by atoms with Crippen LogP contribution in [0.25, 0.3) is 66.1 Å². The minimum atomic E-state index is 0.569. The lowest BCUT2D eigenvalue weighted by atomic mass is 9.82. The molecule has 0 amide bonds. The first-order chi connectivity index (χ1) is 35.0. The highest BCUT2D eigenvalue weighted by molar-refractivity contribution is 6.24. The van der Waals surface area contributed by atoms with Crippen molar-refractivity contribution >= 4 is 55.7 Å². The third kappa shape index (κ3) is 8.30. The van der Waals surface area contributed by atoms with Crippen LogP contribution in [0.15, 0.2) is 243 Å². The van der Waals surface area contributed by atoms with Gasteiger partial charge in [-0.1, -0.05) is 139 Å². The topological polar surface area (TPSA) is 77.8 Å². The fourth-order valence-corrected chi connectivity index (χ4v) is 9.85. The van der Waals surface area contributed by atoms with E-state index >= 15 is 0 Å². The van der Waals surface area contributed by atoms with Gasteiger partial charge < -0.3 is 9.80 Å². The van der Waals surface area contributed by atoms with Gasteiger partial charge in [0.2, 0.25) is 0 Å². The zero-order valence-corrected chi connectivity index (χ0v) is 38.8. The second-order valence-corrected chi connectivity index (χ2v) is 17.5. The van der Waals surface area contributed by atoms with Gasteiger partial charge >= 0.3 is 0 Å². The molecule has 0 aliphatic rings. The molecule has 0 heterocycles. The van der Waals surface area contributed by atoms with Crippen LogP contribution in [0.1, 0.15) is 22.3 Å². The van der Waals surface area contributed by atoms with E-state index in [1.807, 2.05) is 72.8 Å². The summed E-state index contributed by atoms with van der Waals surface area (Å²) in [7, 11) is 0. The number of nitrogens with zero attached hydrogens (tertiary/aromatic N) is 5. The van der Waals surface area contributed by atoms with E-state index in [1.54, 1.807) is 0 Å². The van der Waals surface area contributed by atoms with Crippen LogP contribution in [0.4, 0.5) is 34.1 Å². The van der Waals surface area contributed by atoms with Crippen LogP contribution in [0.5, 0.6) is 0 Å². The van der Waals surface area contributed by atoms with Crippen LogP contribution in [0, 0.1) is 40.9 Å². The molecular formula is C66H43N5. The van der Waals surface area contributed by atoms with Gasteiger partial charge in [0.05, 0.1) is 34.9 Å². The van der Waals surface area contributed by atoms with Crippen molar-refractivity contribution in [2.45, 2.75) is 6.92 Å². The van der Waals surface area contributed by atoms with E-state index in [2.05, 4.69) is 205 Å². The van der Waals surface area contributed by atoms with E-state index in [4.69, 9.17) is 0 Å². The first kappa shape index (κ1) is 43.6. The van der Waals surface area contributed by atoms with Gasteiger partial charge in [0, 0.05) is 34.1 Å². The van der Waals surface area contributed by atoms with Crippen LogP contribution < -0.4 is 9.80 Å². The molecule has 0 bridgehead atoms. The molecule has 0 unspecified atom stereocenters. The standard InChI is InChI=1S/C66H43N5/c1-45-20-28-51(29-21-45)70(52-30-22-46(42-67)23-31-52)55-36-38-61-63(40-55)65(59-18-10-8-16-57(59)49-12-4-2-5-13-49)62-39-37-56(41-64(62)66(61)60-19-11-9-17-58(60)50-14-6-3-7-15-50)71(53-32-24-47(43-68)25-33-53)54-34-26-48(44-69)27-35-54/h2-41H,1H3. The third-order valence-corrected chi connectivity index (χ3v) is 13.2. The van der Waals surface area contributed by atoms with Crippen molar-refractivity contribution in [3.63, 3.8) is 0 Å². The van der Waals surface area contributed by atoms with E-state index in [1.165, 1.54) is 0 Å². The Labute approximate surface area is 413 Å². The van der Waals surface area contributed by atoms with Crippen molar-refractivity contribution < 1.29 is 0 Å². The van der Waals surface area contributed by atoms with Gasteiger partial charge in [-0.15, -0.1) is 0 Å². The quantitative estimate of drug-likeness (QED) is 0.128. The Balaban J connectivity index is 1.28. The van der Waals surface area contributed by atoms with E-state index in [0.29, 0.717) is 16.7 Å². The van der Waals surface area contributed by atoms with Gasteiger partial charge in [-0.3, -0.25) is 0 Å². The van der Waals surface area contributed by atoms with Crippen molar-refractivity contribution in [1.82, 2.24) is 0 Å². The predicted octanol–water partition coefficient (Wildman–Crippen LogP) is 17.5. The average Bonchev–Trinajstić information content (AvgIpc) is 3.44. The number of rotatable bonds is 10. The molecule has 71 heavy (non-hydrogen) atoms. The van der Waals surface area contributed by atoms with Crippen molar-refractivity contribution in [2.24, 2.45) is 0 Å². The zero-order chi connectivity index (χ0) is 48.3. The summed E-state index contributed by atoms with van der Waals surface area (Å²) < 4.78 is 0. The Hall–Kier alpha value is -9.99. The highest BCUT2D eigenvalue weighted by Gasteiger charge is 2.25. The maximum Gasteiger partial charge on any atom is 0.0991 e. The molecule has 5 nitrogen and oxygen atoms in total. The predicted molar refractivity (Wildman–Crippen MR) is 291 cm³/mol. The molecule has 0 spiro atoms. The van der Waals surface area contributed by atoms with Gasteiger partial charge in [-0.05, 0) is 182 Å². The van der Waals surface area contributed by atoms with E-state index in [0.717, 1.165) is 106 Å². The summed E-state index contributed by atoms with van der Waals surface area (Å²) in [5.74, 6) is 0. The number of hydrogen-bond acceptors (Lipinski definition) is 5. The molecule has 11 aromatic rings. The Bertz CT molecular complexity index is 3820. The van der Waals surface area contributed by atoms with E-state index in [9.17, 15) is 15.8 Å². The number of anilines is 6. The van der Waals surface area contributed by atoms with Gasteiger partial charge in [-0.2, -0.15) is 15.8 Å². The van der Waals surface area contributed by atoms with Crippen molar-refractivity contribution in [3.05, 3.63) is 265 Å². The maximum atomic E-state index is 9.81. The second kappa shape index (κ2) is 19.0. The molecule has 0 aliphatic carbocycles. The molecule has 0 atom stereocenters. The number of hydrogen-bond donors (Lipinski definition) is 0. The number of benzene rings is 11. The molecule has 5 heteroatoms. The lowest BCUT2D eigenvalue weighted by molar-refractivity contribution is 1.28. The largest absolute Gasteiger partial charge is 0.310 e. The maximum absolute atomic E-state index is 9.81. The Morgan fingerprint density at radius 3 is 0.915 bits per heavy atom. The van der Waals surface area contributed by atoms with Crippen LogP contribution >= 0.6 is 0 Å². The average molecular weight is 906 g/mol. The summed E-state index contributed by atoms with van der Waals surface area (Å²) in [4.78, 5) is 4.46. The summed E-state index contributed by atoms with van der Waals surface area (Å²) in [5, 5.41) is 33.7. The number of nitriles is 3. The number of aryl methyl sites for hydroxylation is 1. The van der Waals surface area contributed by atoms with Gasteiger partial charge in [-0.25, -0.2) is 0 Å². The molecule has 0 aliphatic heterocycles. The molecule has 11 rings (SSSR count). The number of fused-ring (bicyclic) bond motifs is 2. The van der Waals surface area contributed by atoms with Gasteiger partial charge in [0.25, 0.3) is 0 Å². The molecule has 0 aromatic heterocycles. The van der Waals surface area contributed by atoms with Gasteiger partial charge in [0.15, 0.2) is 0 Å². The van der Waals surface area contributed by atoms with Crippen molar-refractivity contribution in [3.8, 4) is 62.7 Å². The van der Waals surface area contributed by atoms with E-state index in [-0.39, 0.29) is 0 Å². The molecule has 332 valence electrons. The van der Waals surface area contributed by atoms with Crippen molar-refractivity contribution in [2.75, 3.05) is 9.80 Å². The third-order valence-electron chi connectivity index (χ3n) is 13.2. The molecular weight excluding hydrogens is 863 g/mol. The molecule has 0 saturated heterocycles. The Kier molecular flexibility index (Phi) is 11.6. The summed E-state index contributed by atoms with van der Waals surface area (Å²) in [5.41, 5.74) is 17.3. The molecule has 0 N–H and O–H groups in total. The normalized spacial score (nSPS) is 10.8. The second-order valence-electron chi connectivity index (χ2n) is 17.5. The molecule has 0 fully saturated rings. The smallest absolute Gasteiger partial charge is 0.0991 e. The lowest BCUT2D eigenvalue weighted by Gasteiger charge is -2.29. The summed E-state index contributed by atoms with van der Waals surface area (Å²) >= 11 is 0. The van der Waals surface area contributed by atoms with E-state index < -0.39 is 0 Å². The van der Waals surface area contributed by atoms with Gasteiger partial charge in [0.1, 0.15) is 0 Å². The summed E-state index contributed by atoms with van der Waals surface area (Å²) in [6.07, 6.45) is 0. The molecule has 0 saturated carbocycles. The fourth-order valence-electron chi connectivity index (χ4n) is 9.85. The molecule has 11 aromatic carbocycles. The highest BCUT2D eigenvalue weighted by atomic mass is 15.1. The monoisotopic (exact) mass is 905 g/mol. The highest BCUT2D eigenvalue weighted by Crippen LogP contribution is 2.51. The van der Waals surface area contributed by atoms with Crippen LogP contribution in [-0.2, 0) is 0 Å². The lowest BCUT2D eigenvalue weighted by Crippen LogP contribution is -2.10. The molecule has 0 radical (unpaired) electrons. The van der Waals surface area contributed by atoms with Crippen LogP contribution in [-0.4, -0.2) is 0 Å².